The van der Waals surface area contributed by atoms with Gasteiger partial charge in [-0.1, -0.05) is 0 Å². The Morgan fingerprint density at radius 3 is 2.78 bits per heavy atom. The van der Waals surface area contributed by atoms with Gasteiger partial charge in [0.1, 0.15) is 12.3 Å². The third-order valence-electron chi connectivity index (χ3n) is 2.90. The molecule has 3 N–H and O–H groups in total. The molecule has 0 bridgehead atoms. The average Bonchev–Trinajstić information content (AvgIpc) is 2.76. The molecule has 0 aromatic rings. The molecule has 0 aliphatic carbocycles. The van der Waals surface area contributed by atoms with Crippen LogP contribution >= 0.6 is 11.8 Å². The molecule has 0 spiro atoms. The molecule has 3 atom stereocenters. The number of aliphatic carboxylic acids is 1. The Kier molecular flexibility index (Phi) is 3.50. The van der Waals surface area contributed by atoms with Gasteiger partial charge in [-0.05, 0) is 18.4 Å². The van der Waals surface area contributed by atoms with Crippen molar-refractivity contribution in [3.05, 3.63) is 0 Å². The van der Waals surface area contributed by atoms with Crippen molar-refractivity contribution in [2.45, 2.75) is 24.8 Å². The minimum Gasteiger partial charge on any atom is -0.548 e. The lowest BCUT2D eigenvalue weighted by atomic mass is 10.2. The van der Waals surface area contributed by atoms with E-state index in [1.165, 1.54) is 11.8 Å². The second-order valence-corrected chi connectivity index (χ2v) is 5.00. The molecule has 4 amide bonds. The molecule has 9 heteroatoms. The number of nitrogens with one attached hydrogen (secondary N) is 3. The number of carboxylic acid groups (broad SMARTS) is 1. The summed E-state index contributed by atoms with van der Waals surface area (Å²) in [4.78, 5) is 35.1. The summed E-state index contributed by atoms with van der Waals surface area (Å²) in [6.45, 7) is 0. The maximum absolute atomic E-state index is 11.7. The van der Waals surface area contributed by atoms with E-state index in [2.05, 4.69) is 16.0 Å². The van der Waals surface area contributed by atoms with Gasteiger partial charge in [0, 0.05) is 0 Å². The Hall–Kier alpha value is -1.64. The van der Waals surface area contributed by atoms with E-state index in [0.717, 1.165) is 4.90 Å². The first-order valence-electron chi connectivity index (χ1n) is 5.40. The Bertz CT molecular complexity index is 391. The zero-order chi connectivity index (χ0) is 13.3. The van der Waals surface area contributed by atoms with E-state index in [9.17, 15) is 19.5 Å². The first kappa shape index (κ1) is 12.8. The third-order valence-corrected chi connectivity index (χ3v) is 3.54. The number of thioether (sulfide) groups is 1. The monoisotopic (exact) mass is 273 g/mol. The minimum absolute atomic E-state index is 0.274. The summed E-state index contributed by atoms with van der Waals surface area (Å²) in [5.74, 6) is -0.734. The quantitative estimate of drug-likeness (QED) is 0.528. The number of amides is 4. The normalized spacial score (nSPS) is 27.3. The van der Waals surface area contributed by atoms with Crippen LogP contribution in [-0.4, -0.2) is 53.3 Å². The van der Waals surface area contributed by atoms with Crippen molar-refractivity contribution < 1.29 is 19.5 Å². The molecular formula is C9H13N4O4S-. The lowest BCUT2D eigenvalue weighted by Gasteiger charge is -2.31. The largest absolute Gasteiger partial charge is 0.548 e. The Balaban J connectivity index is 2.15. The topological polar surface area (TPSA) is 114 Å². The van der Waals surface area contributed by atoms with Crippen LogP contribution in [0.1, 0.15) is 6.42 Å². The molecule has 0 aromatic heterocycles. The number of fused-ring (bicyclic) bond motifs is 1. The standard InChI is InChI=1S/C9H14N4O4S/c1-18-3-2-4(7(14)15)13-6-5(11-9(13)17)10-8(16)12-6/h4-6H,2-3H2,1H3,(H,11,17)(H,14,15)(H2,10,12,16)/p-1/t4-,5-,6+/m0/s1. The van der Waals surface area contributed by atoms with E-state index >= 15 is 0 Å². The molecule has 2 fully saturated rings. The van der Waals surface area contributed by atoms with Crippen LogP contribution in [0.15, 0.2) is 0 Å². The van der Waals surface area contributed by atoms with Gasteiger partial charge in [-0.2, -0.15) is 11.8 Å². The highest BCUT2D eigenvalue weighted by Gasteiger charge is 2.48. The Morgan fingerprint density at radius 1 is 1.44 bits per heavy atom. The molecule has 0 saturated carbocycles. The lowest BCUT2D eigenvalue weighted by Crippen LogP contribution is -2.55. The summed E-state index contributed by atoms with van der Waals surface area (Å²) < 4.78 is 0. The predicted molar refractivity (Wildman–Crippen MR) is 61.4 cm³/mol. The highest BCUT2D eigenvalue weighted by molar-refractivity contribution is 7.98. The summed E-state index contributed by atoms with van der Waals surface area (Å²) in [5.41, 5.74) is 0. The summed E-state index contributed by atoms with van der Waals surface area (Å²) in [6, 6.07) is -2.00. The van der Waals surface area contributed by atoms with Gasteiger partial charge < -0.3 is 25.9 Å². The molecule has 18 heavy (non-hydrogen) atoms. The highest BCUT2D eigenvalue weighted by atomic mass is 32.2. The molecule has 8 nitrogen and oxygen atoms in total. The first-order chi connectivity index (χ1) is 8.54. The van der Waals surface area contributed by atoms with E-state index in [0.29, 0.717) is 5.75 Å². The van der Waals surface area contributed by atoms with Crippen LogP contribution < -0.4 is 21.1 Å². The van der Waals surface area contributed by atoms with Crippen molar-refractivity contribution in [2.75, 3.05) is 12.0 Å². The van der Waals surface area contributed by atoms with Crippen LogP contribution in [0.4, 0.5) is 9.59 Å². The van der Waals surface area contributed by atoms with E-state index in [4.69, 9.17) is 0 Å². The molecular weight excluding hydrogens is 260 g/mol. The molecule has 100 valence electrons. The van der Waals surface area contributed by atoms with Crippen molar-refractivity contribution in [2.24, 2.45) is 0 Å². The third kappa shape index (κ3) is 2.17. The highest BCUT2D eigenvalue weighted by Crippen LogP contribution is 2.19. The predicted octanol–water partition coefficient (Wildman–Crippen LogP) is -2.15. The molecule has 2 heterocycles. The fraction of sp³-hybridized carbons (Fsp3) is 0.667. The van der Waals surface area contributed by atoms with E-state index in [-0.39, 0.29) is 6.42 Å². The zero-order valence-corrected chi connectivity index (χ0v) is 10.5. The van der Waals surface area contributed by atoms with Crippen LogP contribution in [0.25, 0.3) is 0 Å². The van der Waals surface area contributed by atoms with Gasteiger partial charge in [-0.25, -0.2) is 9.59 Å². The number of carbonyl (C=O) groups excluding carboxylic acids is 3. The van der Waals surface area contributed by atoms with Gasteiger partial charge in [0.25, 0.3) is 0 Å². The Labute approximate surface area is 107 Å². The maximum atomic E-state index is 11.7. The summed E-state index contributed by atoms with van der Waals surface area (Å²) >= 11 is 1.48. The number of nitrogens with zero attached hydrogens (tertiary/aromatic N) is 1. The Morgan fingerprint density at radius 2 is 2.17 bits per heavy atom. The fourth-order valence-corrected chi connectivity index (χ4v) is 2.55. The molecule has 2 aliphatic heterocycles. The molecule has 0 radical (unpaired) electrons. The number of carbonyl (C=O) groups is 3. The van der Waals surface area contributed by atoms with Crippen LogP contribution in [0.3, 0.4) is 0 Å². The molecule has 0 aromatic carbocycles. The number of carboxylic acids is 1. The molecule has 2 saturated heterocycles. The lowest BCUT2D eigenvalue weighted by molar-refractivity contribution is -0.311. The van der Waals surface area contributed by atoms with Gasteiger partial charge in [0.15, 0.2) is 0 Å². The minimum atomic E-state index is -1.32. The van der Waals surface area contributed by atoms with Crippen LogP contribution in [0, 0.1) is 0 Å². The maximum Gasteiger partial charge on any atom is 0.321 e. The molecule has 0 unspecified atom stereocenters. The SMILES string of the molecule is CSCC[C@@H](C(=O)[O-])N1C(=O)N[C@@H]2NC(=O)N[C@@H]21. The smallest absolute Gasteiger partial charge is 0.321 e. The summed E-state index contributed by atoms with van der Waals surface area (Å²) in [6.07, 6.45) is 0.838. The summed E-state index contributed by atoms with van der Waals surface area (Å²) in [7, 11) is 0. The second kappa shape index (κ2) is 4.92. The van der Waals surface area contributed by atoms with Gasteiger partial charge >= 0.3 is 12.1 Å². The molecule has 2 rings (SSSR count). The zero-order valence-electron chi connectivity index (χ0n) is 9.63. The van der Waals surface area contributed by atoms with Crippen LogP contribution in [0.5, 0.6) is 0 Å². The van der Waals surface area contributed by atoms with Gasteiger partial charge in [-0.15, -0.1) is 0 Å². The van der Waals surface area contributed by atoms with Crippen molar-refractivity contribution in [3.63, 3.8) is 0 Å². The average molecular weight is 273 g/mol. The van der Waals surface area contributed by atoms with Crippen molar-refractivity contribution in [1.29, 1.82) is 0 Å². The first-order valence-corrected chi connectivity index (χ1v) is 6.79. The fourth-order valence-electron chi connectivity index (χ4n) is 2.09. The second-order valence-electron chi connectivity index (χ2n) is 4.01. The summed E-state index contributed by atoms with van der Waals surface area (Å²) in [5, 5.41) is 18.6. The van der Waals surface area contributed by atoms with Gasteiger partial charge in [-0.3, -0.25) is 4.90 Å². The van der Waals surface area contributed by atoms with Crippen LogP contribution in [0.2, 0.25) is 0 Å². The van der Waals surface area contributed by atoms with Gasteiger partial charge in [0.2, 0.25) is 0 Å². The number of rotatable bonds is 5. The molecule has 2 aliphatic rings. The number of hydrogen-bond acceptors (Lipinski definition) is 5. The van der Waals surface area contributed by atoms with E-state index in [1.54, 1.807) is 0 Å². The number of hydrogen-bond donors (Lipinski definition) is 3. The van der Waals surface area contributed by atoms with Crippen LogP contribution in [-0.2, 0) is 4.79 Å². The van der Waals surface area contributed by atoms with Crippen molar-refractivity contribution >= 4 is 29.8 Å². The van der Waals surface area contributed by atoms with Gasteiger partial charge in [0.05, 0.1) is 12.0 Å². The van der Waals surface area contributed by atoms with Crippen molar-refractivity contribution in [1.82, 2.24) is 20.9 Å². The number of urea groups is 2. The van der Waals surface area contributed by atoms with E-state index < -0.39 is 36.4 Å². The van der Waals surface area contributed by atoms with E-state index in [1.807, 2.05) is 6.26 Å². The van der Waals surface area contributed by atoms with Crippen molar-refractivity contribution in [3.8, 4) is 0 Å².